The van der Waals surface area contributed by atoms with E-state index in [1.165, 1.54) is 11.3 Å². The van der Waals surface area contributed by atoms with Gasteiger partial charge in [0.2, 0.25) is 0 Å². The first kappa shape index (κ1) is 7.93. The van der Waals surface area contributed by atoms with Crippen LogP contribution in [-0.4, -0.2) is 21.0 Å². The highest BCUT2D eigenvalue weighted by Crippen LogP contribution is 2.22. The molecule has 2 heterocycles. The van der Waals surface area contributed by atoms with Gasteiger partial charge in [0, 0.05) is 5.38 Å². The van der Waals surface area contributed by atoms with E-state index in [2.05, 4.69) is 9.97 Å². The third kappa shape index (κ3) is 1.31. The molecule has 0 bridgehead atoms. The van der Waals surface area contributed by atoms with E-state index in [1.807, 2.05) is 0 Å². The van der Waals surface area contributed by atoms with Crippen LogP contribution in [0.2, 0.25) is 0 Å². The van der Waals surface area contributed by atoms with Crippen LogP contribution in [0.5, 0.6) is 0 Å². The van der Waals surface area contributed by atoms with Gasteiger partial charge in [0.15, 0.2) is 17.8 Å². The van der Waals surface area contributed by atoms with Gasteiger partial charge in [0.25, 0.3) is 0 Å². The Hall–Kier alpha value is -1.69. The molecule has 0 aliphatic rings. The number of carbonyl (C=O) groups is 1. The number of hydrogen-bond donors (Lipinski definition) is 1. The minimum Gasteiger partial charge on any atom is -0.476 e. The first-order valence-corrected chi connectivity index (χ1v) is 4.28. The summed E-state index contributed by atoms with van der Waals surface area (Å²) >= 11 is 1.37. The lowest BCUT2D eigenvalue weighted by atomic mass is 10.3. The third-order valence-electron chi connectivity index (χ3n) is 1.43. The number of aromatic carboxylic acids is 1. The number of carboxylic acids is 1. The normalized spacial score (nSPS) is 10.2. The van der Waals surface area contributed by atoms with Crippen LogP contribution in [0.1, 0.15) is 10.5 Å². The Bertz CT molecular complexity index is 421. The van der Waals surface area contributed by atoms with Gasteiger partial charge in [-0.25, -0.2) is 14.8 Å². The zero-order valence-electron chi connectivity index (χ0n) is 6.30. The van der Waals surface area contributed by atoms with Gasteiger partial charge < -0.3 is 9.52 Å². The number of thiazole rings is 1. The van der Waals surface area contributed by atoms with Crippen molar-refractivity contribution in [1.29, 1.82) is 0 Å². The number of carboxylic acid groups (broad SMARTS) is 1. The Labute approximate surface area is 76.7 Å². The largest absolute Gasteiger partial charge is 0.476 e. The average molecular weight is 196 g/mol. The summed E-state index contributed by atoms with van der Waals surface area (Å²) in [6.07, 6.45) is 1.10. The monoisotopic (exact) mass is 196 g/mol. The van der Waals surface area contributed by atoms with Crippen molar-refractivity contribution in [2.24, 2.45) is 0 Å². The maximum Gasteiger partial charge on any atom is 0.358 e. The van der Waals surface area contributed by atoms with Gasteiger partial charge in [-0.2, -0.15) is 0 Å². The van der Waals surface area contributed by atoms with E-state index in [0.717, 1.165) is 6.39 Å². The fraction of sp³-hybridized carbons (Fsp3) is 0. The number of rotatable bonds is 2. The summed E-state index contributed by atoms with van der Waals surface area (Å²) in [5.41, 5.74) is 1.99. The highest BCUT2D eigenvalue weighted by molar-refractivity contribution is 7.07. The number of aromatic nitrogens is 2. The predicted octanol–water partition coefficient (Wildman–Crippen LogP) is 1.50. The molecular formula is C7H4N2O3S. The highest BCUT2D eigenvalue weighted by atomic mass is 32.1. The summed E-state index contributed by atoms with van der Waals surface area (Å²) in [4.78, 5) is 18.1. The molecule has 13 heavy (non-hydrogen) atoms. The minimum atomic E-state index is -1.11. The molecule has 0 fully saturated rings. The van der Waals surface area contributed by atoms with Crippen molar-refractivity contribution in [1.82, 2.24) is 9.97 Å². The highest BCUT2D eigenvalue weighted by Gasteiger charge is 2.18. The van der Waals surface area contributed by atoms with Crippen LogP contribution in [0.4, 0.5) is 0 Å². The summed E-state index contributed by atoms with van der Waals surface area (Å²) in [7, 11) is 0. The van der Waals surface area contributed by atoms with Gasteiger partial charge in [0.1, 0.15) is 5.69 Å². The Morgan fingerprint density at radius 3 is 3.00 bits per heavy atom. The van der Waals surface area contributed by atoms with Gasteiger partial charge >= 0.3 is 5.97 Å². The zero-order valence-corrected chi connectivity index (χ0v) is 7.11. The van der Waals surface area contributed by atoms with Gasteiger partial charge in [-0.3, -0.25) is 0 Å². The van der Waals surface area contributed by atoms with Crippen molar-refractivity contribution in [3.05, 3.63) is 23.0 Å². The van der Waals surface area contributed by atoms with Crippen molar-refractivity contribution >= 4 is 17.3 Å². The SMILES string of the molecule is O=C(O)c1ncoc1-c1cscn1. The van der Waals surface area contributed by atoms with Crippen molar-refractivity contribution in [2.45, 2.75) is 0 Å². The summed E-state index contributed by atoms with van der Waals surface area (Å²) in [6, 6.07) is 0. The molecule has 0 unspecified atom stereocenters. The maximum absolute atomic E-state index is 10.6. The topological polar surface area (TPSA) is 76.2 Å². The van der Waals surface area contributed by atoms with E-state index in [-0.39, 0.29) is 11.5 Å². The lowest BCUT2D eigenvalue weighted by Crippen LogP contribution is -1.98. The van der Waals surface area contributed by atoms with E-state index in [9.17, 15) is 4.79 Å². The molecule has 0 saturated heterocycles. The summed E-state index contributed by atoms with van der Waals surface area (Å²) < 4.78 is 4.92. The lowest BCUT2D eigenvalue weighted by Gasteiger charge is -1.90. The molecule has 6 heteroatoms. The maximum atomic E-state index is 10.6. The fourth-order valence-corrected chi connectivity index (χ4v) is 1.44. The molecule has 0 atom stereocenters. The van der Waals surface area contributed by atoms with Gasteiger partial charge in [-0.05, 0) is 0 Å². The first-order valence-electron chi connectivity index (χ1n) is 3.34. The second-order valence-corrected chi connectivity index (χ2v) is 2.93. The molecule has 5 nitrogen and oxygen atoms in total. The average Bonchev–Trinajstić information content (AvgIpc) is 2.74. The van der Waals surface area contributed by atoms with E-state index in [1.54, 1.807) is 10.9 Å². The summed E-state index contributed by atoms with van der Waals surface area (Å²) in [5, 5.41) is 10.4. The molecule has 0 radical (unpaired) electrons. The molecule has 1 N–H and O–H groups in total. The molecule has 0 spiro atoms. The molecule has 2 aromatic heterocycles. The van der Waals surface area contributed by atoms with Gasteiger partial charge in [-0.1, -0.05) is 0 Å². The zero-order chi connectivity index (χ0) is 9.26. The Balaban J connectivity index is 2.52. The van der Waals surface area contributed by atoms with E-state index in [4.69, 9.17) is 9.52 Å². The second kappa shape index (κ2) is 2.98. The Kier molecular flexibility index (Phi) is 1.82. The molecule has 2 aromatic rings. The molecular weight excluding hydrogens is 192 g/mol. The van der Waals surface area contributed by atoms with Crippen LogP contribution in [0.15, 0.2) is 21.7 Å². The van der Waals surface area contributed by atoms with Crippen LogP contribution in [-0.2, 0) is 0 Å². The van der Waals surface area contributed by atoms with E-state index < -0.39 is 5.97 Å². The predicted molar refractivity (Wildman–Crippen MR) is 44.6 cm³/mol. The van der Waals surface area contributed by atoms with Crippen molar-refractivity contribution in [3.8, 4) is 11.5 Å². The Morgan fingerprint density at radius 2 is 2.38 bits per heavy atom. The minimum absolute atomic E-state index is 0.106. The van der Waals surface area contributed by atoms with E-state index in [0.29, 0.717) is 5.69 Å². The molecule has 0 amide bonds. The van der Waals surface area contributed by atoms with Crippen LogP contribution in [0.3, 0.4) is 0 Å². The second-order valence-electron chi connectivity index (χ2n) is 2.21. The fourth-order valence-electron chi connectivity index (χ4n) is 0.905. The molecule has 0 aliphatic heterocycles. The molecule has 2 rings (SSSR count). The van der Waals surface area contributed by atoms with Crippen molar-refractivity contribution in [3.63, 3.8) is 0 Å². The number of nitrogens with zero attached hydrogens (tertiary/aromatic N) is 2. The number of hydrogen-bond acceptors (Lipinski definition) is 5. The smallest absolute Gasteiger partial charge is 0.358 e. The van der Waals surface area contributed by atoms with Crippen molar-refractivity contribution in [2.75, 3.05) is 0 Å². The third-order valence-corrected chi connectivity index (χ3v) is 2.02. The molecule has 0 saturated carbocycles. The number of oxazole rings is 1. The standard InChI is InChI=1S/C7H4N2O3S/c10-7(11)5-6(12-2-8-5)4-1-13-3-9-4/h1-3H,(H,10,11). The van der Waals surface area contributed by atoms with Crippen LogP contribution >= 0.6 is 11.3 Å². The summed E-state index contributed by atoms with van der Waals surface area (Å²) in [5.74, 6) is -0.912. The first-order chi connectivity index (χ1) is 6.29. The van der Waals surface area contributed by atoms with E-state index >= 15 is 0 Å². The van der Waals surface area contributed by atoms with Crippen LogP contribution < -0.4 is 0 Å². The van der Waals surface area contributed by atoms with Crippen molar-refractivity contribution < 1.29 is 14.3 Å². The van der Waals surface area contributed by atoms with Crippen LogP contribution in [0, 0.1) is 0 Å². The quantitative estimate of drug-likeness (QED) is 0.787. The molecule has 66 valence electrons. The Morgan fingerprint density at radius 1 is 1.54 bits per heavy atom. The van der Waals surface area contributed by atoms with Gasteiger partial charge in [0.05, 0.1) is 5.51 Å². The lowest BCUT2D eigenvalue weighted by molar-refractivity contribution is 0.0691. The summed E-state index contributed by atoms with van der Waals surface area (Å²) in [6.45, 7) is 0. The van der Waals surface area contributed by atoms with Crippen LogP contribution in [0.25, 0.3) is 11.5 Å². The molecule has 0 aromatic carbocycles. The molecule has 0 aliphatic carbocycles. The van der Waals surface area contributed by atoms with Gasteiger partial charge in [-0.15, -0.1) is 11.3 Å².